The van der Waals surface area contributed by atoms with Gasteiger partial charge in [0.15, 0.2) is 0 Å². The molecular weight excluding hydrogens is 368 g/mol. The topological polar surface area (TPSA) is 37.0 Å². The number of alkyl halides is 1. The number of hydrogen-bond acceptors (Lipinski definition) is 3. The lowest BCUT2D eigenvalue weighted by Gasteiger charge is -2.20. The lowest BCUT2D eigenvalue weighted by Crippen LogP contribution is -2.29. The van der Waals surface area contributed by atoms with E-state index in [4.69, 9.17) is 0 Å². The summed E-state index contributed by atoms with van der Waals surface area (Å²) in [6, 6.07) is 9.25. The molecule has 2 heterocycles. The molecule has 1 aromatic carbocycles. The molecule has 0 amide bonds. The molecular formula is C24H31F2N3. The van der Waals surface area contributed by atoms with E-state index in [0.29, 0.717) is 5.56 Å². The zero-order chi connectivity index (χ0) is 21.2. The highest BCUT2D eigenvalue weighted by atomic mass is 19.1. The quantitative estimate of drug-likeness (QED) is 0.660. The van der Waals surface area contributed by atoms with Gasteiger partial charge in [0, 0.05) is 59.2 Å². The van der Waals surface area contributed by atoms with Crippen LogP contribution in [0.3, 0.4) is 0 Å². The van der Waals surface area contributed by atoms with Crippen LogP contribution in [-0.2, 0) is 5.41 Å². The number of aromatic nitrogens is 1. The predicted octanol–water partition coefficient (Wildman–Crippen LogP) is 5.64. The Hall–Kier alpha value is -2.43. The minimum Gasteiger partial charge on any atom is -0.386 e. The molecule has 3 atom stereocenters. The maximum atomic E-state index is 14.9. The van der Waals surface area contributed by atoms with Gasteiger partial charge in [0.25, 0.3) is 0 Å². The van der Waals surface area contributed by atoms with Gasteiger partial charge < -0.3 is 10.6 Å². The minimum absolute atomic E-state index is 0.0315. The molecule has 5 heteroatoms. The van der Waals surface area contributed by atoms with Crippen LogP contribution < -0.4 is 10.6 Å². The van der Waals surface area contributed by atoms with Crippen LogP contribution >= 0.6 is 0 Å². The van der Waals surface area contributed by atoms with Crippen molar-refractivity contribution in [2.75, 3.05) is 6.67 Å². The maximum absolute atomic E-state index is 14.9. The summed E-state index contributed by atoms with van der Waals surface area (Å²) in [5, 5.41) is 6.65. The van der Waals surface area contributed by atoms with Crippen molar-refractivity contribution in [1.82, 2.24) is 15.6 Å². The zero-order valence-electron chi connectivity index (χ0n) is 17.9. The fourth-order valence-corrected chi connectivity index (χ4v) is 3.54. The number of hydrogen-bond donors (Lipinski definition) is 2. The van der Waals surface area contributed by atoms with Crippen LogP contribution in [0.15, 0.2) is 48.4 Å². The zero-order valence-corrected chi connectivity index (χ0v) is 17.9. The molecule has 0 spiro atoms. The normalized spacial score (nSPS) is 18.7. The van der Waals surface area contributed by atoms with E-state index in [9.17, 15) is 8.78 Å². The van der Waals surface area contributed by atoms with Gasteiger partial charge in [-0.3, -0.25) is 9.37 Å². The highest BCUT2D eigenvalue weighted by molar-refractivity contribution is 5.65. The Morgan fingerprint density at radius 3 is 2.62 bits per heavy atom. The average Bonchev–Trinajstić information content (AvgIpc) is 3.15. The fourth-order valence-electron chi connectivity index (χ4n) is 3.54. The van der Waals surface area contributed by atoms with Crippen LogP contribution in [-0.4, -0.2) is 17.7 Å². The summed E-state index contributed by atoms with van der Waals surface area (Å²) in [6.45, 7) is 9.85. The number of halogens is 2. The van der Waals surface area contributed by atoms with E-state index < -0.39 is 0 Å². The van der Waals surface area contributed by atoms with Crippen molar-refractivity contribution in [3.63, 3.8) is 0 Å². The molecule has 29 heavy (non-hydrogen) atoms. The third-order valence-corrected chi connectivity index (χ3v) is 5.58. The smallest absolute Gasteiger partial charge is 0.131 e. The van der Waals surface area contributed by atoms with Crippen LogP contribution in [0.5, 0.6) is 0 Å². The van der Waals surface area contributed by atoms with Crippen LogP contribution in [0, 0.1) is 11.7 Å². The van der Waals surface area contributed by atoms with Gasteiger partial charge >= 0.3 is 0 Å². The first-order valence-corrected chi connectivity index (χ1v) is 10.2. The SMILES string of the molecule is CC(NC1=CNC(C(C)CF)C1)c1ccc(-c2ccnc(C(C)(C)C)c2)c(F)c1. The molecule has 0 saturated carbocycles. The van der Waals surface area contributed by atoms with Crippen molar-refractivity contribution in [1.29, 1.82) is 0 Å². The minimum atomic E-state index is -0.340. The van der Waals surface area contributed by atoms with Gasteiger partial charge in [0.2, 0.25) is 0 Å². The number of rotatable bonds is 6. The summed E-state index contributed by atoms with van der Waals surface area (Å²) in [5.41, 5.74) is 4.15. The lowest BCUT2D eigenvalue weighted by atomic mass is 9.89. The number of nitrogens with zero attached hydrogens (tertiary/aromatic N) is 1. The third kappa shape index (κ3) is 4.95. The molecule has 0 saturated heterocycles. The van der Waals surface area contributed by atoms with Gasteiger partial charge in [-0.1, -0.05) is 39.8 Å². The Balaban J connectivity index is 1.73. The van der Waals surface area contributed by atoms with Crippen molar-refractivity contribution in [3.05, 3.63) is 65.5 Å². The molecule has 2 N–H and O–H groups in total. The van der Waals surface area contributed by atoms with Crippen molar-refractivity contribution in [2.45, 2.75) is 58.5 Å². The molecule has 0 fully saturated rings. The van der Waals surface area contributed by atoms with E-state index in [2.05, 4.69) is 36.4 Å². The number of benzene rings is 1. The highest BCUT2D eigenvalue weighted by Crippen LogP contribution is 2.29. The van der Waals surface area contributed by atoms with Gasteiger partial charge in [0.05, 0.1) is 6.67 Å². The summed E-state index contributed by atoms with van der Waals surface area (Å²) < 4.78 is 27.8. The summed E-state index contributed by atoms with van der Waals surface area (Å²) in [7, 11) is 0. The van der Waals surface area contributed by atoms with E-state index >= 15 is 0 Å². The molecule has 1 aromatic heterocycles. The van der Waals surface area contributed by atoms with Crippen molar-refractivity contribution in [3.8, 4) is 11.1 Å². The first kappa shape index (κ1) is 21.3. The molecule has 0 aliphatic carbocycles. The standard InChI is InChI=1S/C24H31F2N3/c1-15(13-25)22-12-19(14-28-22)29-16(2)17-6-7-20(21(26)10-17)18-8-9-27-23(11-18)24(3,4)5/h6-11,14-16,22,28-29H,12-13H2,1-5H3. The van der Waals surface area contributed by atoms with Gasteiger partial charge in [-0.25, -0.2) is 4.39 Å². The Morgan fingerprint density at radius 1 is 1.21 bits per heavy atom. The second-order valence-corrected chi connectivity index (χ2v) is 9.06. The van der Waals surface area contributed by atoms with Crippen molar-refractivity contribution in [2.24, 2.45) is 5.92 Å². The number of nitrogens with one attached hydrogen (secondary N) is 2. The Labute approximate surface area is 172 Å². The molecule has 3 rings (SSSR count). The fraction of sp³-hybridized carbons (Fsp3) is 0.458. The summed E-state index contributed by atoms with van der Waals surface area (Å²) in [4.78, 5) is 4.43. The summed E-state index contributed by atoms with van der Waals surface area (Å²) in [5.74, 6) is -0.277. The molecule has 1 aliphatic heterocycles. The Morgan fingerprint density at radius 2 is 1.97 bits per heavy atom. The van der Waals surface area contributed by atoms with E-state index in [1.807, 2.05) is 44.3 Å². The summed E-state index contributed by atoms with van der Waals surface area (Å²) >= 11 is 0. The van der Waals surface area contributed by atoms with E-state index in [1.54, 1.807) is 12.3 Å². The second-order valence-electron chi connectivity index (χ2n) is 9.06. The van der Waals surface area contributed by atoms with Gasteiger partial charge in [-0.2, -0.15) is 0 Å². The van der Waals surface area contributed by atoms with Crippen molar-refractivity contribution < 1.29 is 8.78 Å². The van der Waals surface area contributed by atoms with Crippen LogP contribution in [0.2, 0.25) is 0 Å². The Kier molecular flexibility index (Phi) is 6.25. The van der Waals surface area contributed by atoms with Crippen molar-refractivity contribution >= 4 is 0 Å². The number of pyridine rings is 1. The molecule has 0 bridgehead atoms. The van der Waals surface area contributed by atoms with E-state index in [1.165, 1.54) is 0 Å². The molecule has 2 aromatic rings. The maximum Gasteiger partial charge on any atom is 0.131 e. The predicted molar refractivity (Wildman–Crippen MR) is 115 cm³/mol. The van der Waals surface area contributed by atoms with E-state index in [-0.39, 0.29) is 35.9 Å². The molecule has 3 unspecified atom stereocenters. The van der Waals surface area contributed by atoms with Gasteiger partial charge in [0.1, 0.15) is 5.82 Å². The molecule has 156 valence electrons. The molecule has 3 nitrogen and oxygen atoms in total. The molecule has 1 aliphatic rings. The second kappa shape index (κ2) is 8.52. The third-order valence-electron chi connectivity index (χ3n) is 5.58. The Bertz CT molecular complexity index is 886. The van der Waals surface area contributed by atoms with Crippen LogP contribution in [0.4, 0.5) is 8.78 Å². The summed E-state index contributed by atoms with van der Waals surface area (Å²) in [6.07, 6.45) is 4.40. The monoisotopic (exact) mass is 399 g/mol. The molecule has 0 radical (unpaired) electrons. The first-order valence-electron chi connectivity index (χ1n) is 10.2. The average molecular weight is 400 g/mol. The first-order chi connectivity index (χ1) is 13.7. The van der Waals surface area contributed by atoms with Crippen LogP contribution in [0.25, 0.3) is 11.1 Å². The lowest BCUT2D eigenvalue weighted by molar-refractivity contribution is 0.319. The highest BCUT2D eigenvalue weighted by Gasteiger charge is 2.23. The van der Waals surface area contributed by atoms with Gasteiger partial charge in [-0.15, -0.1) is 0 Å². The van der Waals surface area contributed by atoms with E-state index in [0.717, 1.165) is 28.9 Å². The van der Waals surface area contributed by atoms with Gasteiger partial charge in [-0.05, 0) is 36.2 Å². The van der Waals surface area contributed by atoms with Crippen LogP contribution in [0.1, 0.15) is 58.3 Å². The largest absolute Gasteiger partial charge is 0.386 e.